The van der Waals surface area contributed by atoms with Crippen LogP contribution in [0.2, 0.25) is 0 Å². The second-order valence-electron chi connectivity index (χ2n) is 9.00. The molecule has 1 aliphatic heterocycles. The fourth-order valence-electron chi connectivity index (χ4n) is 4.67. The van der Waals surface area contributed by atoms with Crippen molar-refractivity contribution >= 4 is 17.4 Å². The second kappa shape index (κ2) is 8.02. The van der Waals surface area contributed by atoms with E-state index < -0.39 is 5.60 Å². The van der Waals surface area contributed by atoms with E-state index in [0.29, 0.717) is 5.82 Å². The normalized spacial score (nSPS) is 17.0. The fourth-order valence-corrected chi connectivity index (χ4v) is 4.67. The highest BCUT2D eigenvalue weighted by molar-refractivity contribution is 5.92. The molecule has 6 rings (SSSR count). The highest BCUT2D eigenvalue weighted by atomic mass is 16.6. The van der Waals surface area contributed by atoms with Crippen molar-refractivity contribution in [1.29, 1.82) is 0 Å². The van der Waals surface area contributed by atoms with E-state index in [2.05, 4.69) is 20.2 Å². The molecule has 0 radical (unpaired) electrons. The summed E-state index contributed by atoms with van der Waals surface area (Å²) >= 11 is 0. The van der Waals surface area contributed by atoms with Gasteiger partial charge < -0.3 is 4.74 Å². The van der Waals surface area contributed by atoms with Crippen molar-refractivity contribution in [1.82, 2.24) is 24.6 Å². The molecule has 0 N–H and O–H groups in total. The van der Waals surface area contributed by atoms with Crippen LogP contribution in [0.15, 0.2) is 91.6 Å². The topological polar surface area (TPSA) is 85.5 Å². The molecule has 1 fully saturated rings. The van der Waals surface area contributed by atoms with Crippen LogP contribution in [0.5, 0.6) is 0 Å². The number of aromatic nitrogens is 5. The fraction of sp³-hybridized carbons (Fsp3) is 0.148. The Balaban J connectivity index is 1.34. The predicted molar refractivity (Wildman–Crippen MR) is 132 cm³/mol. The Morgan fingerprint density at radius 1 is 0.857 bits per heavy atom. The first-order chi connectivity index (χ1) is 17.0. The number of amides is 1. The van der Waals surface area contributed by atoms with Crippen molar-refractivity contribution < 1.29 is 9.53 Å². The van der Waals surface area contributed by atoms with Crippen LogP contribution >= 0.6 is 0 Å². The van der Waals surface area contributed by atoms with Gasteiger partial charge in [0.2, 0.25) is 0 Å². The number of hydrogen-bond donors (Lipinski definition) is 0. The van der Waals surface area contributed by atoms with Gasteiger partial charge in [-0.05, 0) is 61.4 Å². The van der Waals surface area contributed by atoms with E-state index in [9.17, 15) is 4.79 Å². The smallest absolute Gasteiger partial charge is 0.415 e. The number of pyridine rings is 1. The Morgan fingerprint density at radius 2 is 1.60 bits per heavy atom. The van der Waals surface area contributed by atoms with Crippen LogP contribution < -0.4 is 4.90 Å². The van der Waals surface area contributed by atoms with Crippen LogP contribution in [0, 0.1) is 0 Å². The summed E-state index contributed by atoms with van der Waals surface area (Å²) in [6.07, 6.45) is 6.62. The second-order valence-corrected chi connectivity index (χ2v) is 9.00. The number of ether oxygens (including phenoxy) is 1. The molecule has 1 amide bonds. The molecule has 1 aliphatic rings. The number of cyclic esters (lactones) is 1. The van der Waals surface area contributed by atoms with E-state index in [0.717, 1.165) is 33.6 Å². The molecule has 5 aromatic rings. The average molecular weight is 463 g/mol. The minimum atomic E-state index is -0.665. The summed E-state index contributed by atoms with van der Waals surface area (Å²) in [5.74, 6) is 0.714. The maximum absolute atomic E-state index is 12.9. The molecule has 4 heterocycles. The first kappa shape index (κ1) is 21.0. The predicted octanol–water partition coefficient (Wildman–Crippen LogP) is 5.33. The number of carbonyl (C=O) groups excluding carboxylic acids is 1. The Bertz CT molecular complexity index is 1510. The van der Waals surface area contributed by atoms with Crippen molar-refractivity contribution in [2.45, 2.75) is 25.5 Å². The Morgan fingerprint density at radius 3 is 2.34 bits per heavy atom. The zero-order chi connectivity index (χ0) is 24.0. The summed E-state index contributed by atoms with van der Waals surface area (Å²) in [6.45, 7) is 3.88. The molecule has 172 valence electrons. The monoisotopic (exact) mass is 462 g/mol. The molecule has 3 aromatic heterocycles. The molecule has 0 aliphatic carbocycles. The lowest BCUT2D eigenvalue weighted by atomic mass is 9.91. The van der Waals surface area contributed by atoms with Gasteiger partial charge in [0.15, 0.2) is 11.5 Å². The number of anilines is 1. The Kier molecular flexibility index (Phi) is 4.81. The van der Waals surface area contributed by atoms with Crippen molar-refractivity contribution in [2.24, 2.45) is 0 Å². The van der Waals surface area contributed by atoms with Crippen molar-refractivity contribution in [3.05, 3.63) is 97.2 Å². The third-order valence-corrected chi connectivity index (χ3v) is 6.29. The molecule has 8 heteroatoms. The van der Waals surface area contributed by atoms with Crippen LogP contribution in [-0.2, 0) is 4.74 Å². The molecule has 2 aromatic carbocycles. The molecule has 1 atom stereocenters. The van der Waals surface area contributed by atoms with Crippen molar-refractivity contribution in [3.8, 4) is 22.5 Å². The minimum Gasteiger partial charge on any atom is -0.441 e. The Labute approximate surface area is 201 Å². The highest BCUT2D eigenvalue weighted by Crippen LogP contribution is 2.43. The van der Waals surface area contributed by atoms with E-state index in [-0.39, 0.29) is 12.1 Å². The molecule has 8 nitrogen and oxygen atoms in total. The zero-order valence-electron chi connectivity index (χ0n) is 19.2. The van der Waals surface area contributed by atoms with Gasteiger partial charge in [-0.3, -0.25) is 9.30 Å². The molecular formula is C27H22N6O2. The van der Waals surface area contributed by atoms with Crippen LogP contribution in [0.25, 0.3) is 28.2 Å². The Hall–Kier alpha value is -4.59. The maximum Gasteiger partial charge on any atom is 0.415 e. The summed E-state index contributed by atoms with van der Waals surface area (Å²) in [5.41, 5.74) is 4.61. The highest BCUT2D eigenvalue weighted by Gasteiger charge is 2.49. The first-order valence-electron chi connectivity index (χ1n) is 11.3. The molecule has 1 saturated heterocycles. The minimum absolute atomic E-state index is 0.239. The summed E-state index contributed by atoms with van der Waals surface area (Å²) in [5, 5.41) is 8.76. The molecule has 0 bridgehead atoms. The van der Waals surface area contributed by atoms with Gasteiger partial charge in [0, 0.05) is 35.4 Å². The van der Waals surface area contributed by atoms with Crippen LogP contribution in [0.4, 0.5) is 10.5 Å². The lowest BCUT2D eigenvalue weighted by Gasteiger charge is -2.29. The summed E-state index contributed by atoms with van der Waals surface area (Å²) < 4.78 is 7.68. The van der Waals surface area contributed by atoms with E-state index >= 15 is 0 Å². The largest absolute Gasteiger partial charge is 0.441 e. The van der Waals surface area contributed by atoms with Gasteiger partial charge >= 0.3 is 6.09 Å². The zero-order valence-corrected chi connectivity index (χ0v) is 19.2. The lowest BCUT2D eigenvalue weighted by molar-refractivity contribution is 0.0685. The third-order valence-electron chi connectivity index (χ3n) is 6.29. The van der Waals surface area contributed by atoms with Crippen molar-refractivity contribution in [3.63, 3.8) is 0 Å². The molecule has 0 saturated carbocycles. The third kappa shape index (κ3) is 3.59. The standard InChI is InChI=1S/C27H22N6O2/c1-27(2)24(18-6-4-3-5-7-18)33(26(34)35-27)22-10-8-19(9-11-22)25-31-30-23-14-20(12-13-32(23)25)21-15-28-17-29-16-21/h3-17,24H,1-2H3. The van der Waals surface area contributed by atoms with Gasteiger partial charge in [-0.2, -0.15) is 0 Å². The number of rotatable bonds is 4. The van der Waals surface area contributed by atoms with Gasteiger partial charge in [-0.25, -0.2) is 14.8 Å². The van der Waals surface area contributed by atoms with Crippen molar-refractivity contribution in [2.75, 3.05) is 4.90 Å². The molecular weight excluding hydrogens is 440 g/mol. The van der Waals surface area contributed by atoms with E-state index in [1.54, 1.807) is 17.3 Å². The SMILES string of the molecule is CC1(C)OC(=O)N(c2ccc(-c3nnc4cc(-c5cncnc5)ccn34)cc2)C1c1ccccc1. The van der Waals surface area contributed by atoms with Gasteiger partial charge in [0.1, 0.15) is 18.0 Å². The average Bonchev–Trinajstić information content (AvgIpc) is 3.41. The summed E-state index contributed by atoms with van der Waals surface area (Å²) in [4.78, 5) is 22.8. The first-order valence-corrected chi connectivity index (χ1v) is 11.3. The number of benzene rings is 2. The van der Waals surface area contributed by atoms with Gasteiger partial charge in [-0.15, -0.1) is 10.2 Å². The summed E-state index contributed by atoms with van der Waals surface area (Å²) in [6, 6.07) is 21.4. The summed E-state index contributed by atoms with van der Waals surface area (Å²) in [7, 11) is 0. The molecule has 0 spiro atoms. The maximum atomic E-state index is 12.9. The van der Waals surface area contributed by atoms with E-state index in [1.807, 2.05) is 91.2 Å². The lowest BCUT2D eigenvalue weighted by Crippen LogP contribution is -2.33. The number of fused-ring (bicyclic) bond motifs is 1. The van der Waals surface area contributed by atoms with E-state index in [1.165, 1.54) is 6.33 Å². The van der Waals surface area contributed by atoms with E-state index in [4.69, 9.17) is 4.74 Å². The van der Waals surface area contributed by atoms with Gasteiger partial charge in [0.25, 0.3) is 0 Å². The van der Waals surface area contributed by atoms with Gasteiger partial charge in [0.05, 0.1) is 0 Å². The number of nitrogens with zero attached hydrogens (tertiary/aromatic N) is 6. The number of carbonyl (C=O) groups is 1. The van der Waals surface area contributed by atoms with Crippen LogP contribution in [-0.4, -0.2) is 36.3 Å². The van der Waals surface area contributed by atoms with Crippen LogP contribution in [0.3, 0.4) is 0 Å². The van der Waals surface area contributed by atoms with Crippen LogP contribution in [0.1, 0.15) is 25.5 Å². The van der Waals surface area contributed by atoms with Gasteiger partial charge in [-0.1, -0.05) is 30.3 Å². The number of hydrogen-bond acceptors (Lipinski definition) is 6. The molecule has 35 heavy (non-hydrogen) atoms. The quantitative estimate of drug-likeness (QED) is 0.359. The molecule has 1 unspecified atom stereocenters.